The summed E-state index contributed by atoms with van der Waals surface area (Å²) in [6, 6.07) is 0. The van der Waals surface area contributed by atoms with Gasteiger partial charge in [0.15, 0.2) is 0 Å². The highest BCUT2D eigenvalue weighted by Crippen LogP contribution is 2.05. The van der Waals surface area contributed by atoms with Crippen molar-refractivity contribution in [2.24, 2.45) is 5.92 Å². The summed E-state index contributed by atoms with van der Waals surface area (Å²) in [4.78, 5) is 0. The fourth-order valence-electron chi connectivity index (χ4n) is 0.607. The third kappa shape index (κ3) is 4.60. The average molecular weight is 181 g/mol. The van der Waals surface area contributed by atoms with Crippen molar-refractivity contribution < 1.29 is 5.11 Å². The highest BCUT2D eigenvalue weighted by Gasteiger charge is 2.02. The van der Waals surface area contributed by atoms with Crippen LogP contribution in [0.25, 0.3) is 0 Å². The summed E-state index contributed by atoms with van der Waals surface area (Å²) in [6.45, 7) is 4.21. The third-order valence-electron chi connectivity index (χ3n) is 0.922. The molecule has 1 nitrogen and oxygen atoms in total. The van der Waals surface area contributed by atoms with E-state index in [2.05, 4.69) is 29.8 Å². The Hall–Kier alpha value is 0.440. The van der Waals surface area contributed by atoms with E-state index >= 15 is 0 Å². The largest absolute Gasteiger partial charge is 0.392 e. The van der Waals surface area contributed by atoms with Crippen LogP contribution in [-0.4, -0.2) is 16.5 Å². The Labute approximate surface area is 59.2 Å². The van der Waals surface area contributed by atoms with Crippen LogP contribution in [0.3, 0.4) is 0 Å². The molecule has 0 radical (unpaired) electrons. The van der Waals surface area contributed by atoms with Gasteiger partial charge in [-0.3, -0.25) is 0 Å². The van der Waals surface area contributed by atoms with E-state index in [9.17, 15) is 0 Å². The molecule has 2 heteroatoms. The zero-order valence-corrected chi connectivity index (χ0v) is 6.98. The Bertz CT molecular complexity index is 54.5. The monoisotopic (exact) mass is 180 g/mol. The first-order chi connectivity index (χ1) is 3.66. The maximum atomic E-state index is 8.98. The van der Waals surface area contributed by atoms with Crippen LogP contribution in [0.2, 0.25) is 0 Å². The molecule has 0 aliphatic heterocycles. The highest BCUT2D eigenvalue weighted by atomic mass is 79.9. The van der Waals surface area contributed by atoms with E-state index in [4.69, 9.17) is 5.11 Å². The van der Waals surface area contributed by atoms with Gasteiger partial charge in [0.25, 0.3) is 0 Å². The second kappa shape index (κ2) is 4.33. The lowest BCUT2D eigenvalue weighted by atomic mass is 10.1. The maximum absolute atomic E-state index is 8.98. The molecule has 50 valence electrons. The van der Waals surface area contributed by atoms with E-state index in [1.807, 2.05) is 0 Å². The number of hydrogen-bond acceptors (Lipinski definition) is 1. The molecule has 1 unspecified atom stereocenters. The van der Waals surface area contributed by atoms with Crippen molar-refractivity contribution in [3.05, 3.63) is 0 Å². The van der Waals surface area contributed by atoms with Gasteiger partial charge in [-0.15, -0.1) is 0 Å². The minimum atomic E-state index is -0.157. The van der Waals surface area contributed by atoms with Crippen LogP contribution >= 0.6 is 15.9 Å². The van der Waals surface area contributed by atoms with E-state index in [1.165, 1.54) is 0 Å². The van der Waals surface area contributed by atoms with Gasteiger partial charge in [-0.25, -0.2) is 0 Å². The normalized spacial score (nSPS) is 14.6. The van der Waals surface area contributed by atoms with Gasteiger partial charge in [0.2, 0.25) is 0 Å². The van der Waals surface area contributed by atoms with Crippen molar-refractivity contribution >= 4 is 15.9 Å². The molecule has 0 rings (SSSR count). The van der Waals surface area contributed by atoms with Crippen LogP contribution in [0.5, 0.6) is 0 Å². The molecule has 0 saturated carbocycles. The van der Waals surface area contributed by atoms with Crippen LogP contribution in [-0.2, 0) is 0 Å². The zero-order valence-electron chi connectivity index (χ0n) is 5.39. The SMILES string of the molecule is CC(C)CC(O)CBr. The molecule has 0 heterocycles. The average Bonchev–Trinajstić information content (AvgIpc) is 1.65. The van der Waals surface area contributed by atoms with Crippen LogP contribution in [0.1, 0.15) is 20.3 Å². The number of alkyl halides is 1. The van der Waals surface area contributed by atoms with Crippen molar-refractivity contribution in [2.75, 3.05) is 5.33 Å². The smallest absolute Gasteiger partial charge is 0.0639 e. The van der Waals surface area contributed by atoms with E-state index in [0.717, 1.165) is 6.42 Å². The van der Waals surface area contributed by atoms with Gasteiger partial charge in [-0.05, 0) is 12.3 Å². The topological polar surface area (TPSA) is 20.2 Å². The highest BCUT2D eigenvalue weighted by molar-refractivity contribution is 9.09. The zero-order chi connectivity index (χ0) is 6.57. The van der Waals surface area contributed by atoms with Gasteiger partial charge >= 0.3 is 0 Å². The Morgan fingerprint density at radius 1 is 1.50 bits per heavy atom. The lowest BCUT2D eigenvalue weighted by Crippen LogP contribution is -2.10. The van der Waals surface area contributed by atoms with Crippen LogP contribution < -0.4 is 0 Å². The first-order valence-corrected chi connectivity index (χ1v) is 4.03. The predicted molar refractivity (Wildman–Crippen MR) is 39.3 cm³/mol. The van der Waals surface area contributed by atoms with E-state index < -0.39 is 0 Å². The molecule has 0 bridgehead atoms. The predicted octanol–water partition coefficient (Wildman–Crippen LogP) is 1.79. The molecule has 0 fully saturated rings. The summed E-state index contributed by atoms with van der Waals surface area (Å²) < 4.78 is 0. The van der Waals surface area contributed by atoms with Gasteiger partial charge in [-0.2, -0.15) is 0 Å². The van der Waals surface area contributed by atoms with Crippen LogP contribution in [0.15, 0.2) is 0 Å². The van der Waals surface area contributed by atoms with Gasteiger partial charge < -0.3 is 5.11 Å². The molecule has 0 amide bonds. The first kappa shape index (κ1) is 8.44. The quantitative estimate of drug-likeness (QED) is 0.658. The third-order valence-corrected chi connectivity index (χ3v) is 1.67. The van der Waals surface area contributed by atoms with E-state index in [0.29, 0.717) is 11.2 Å². The van der Waals surface area contributed by atoms with Crippen molar-refractivity contribution in [1.29, 1.82) is 0 Å². The molecular formula is C6H13BrO. The number of rotatable bonds is 3. The fraction of sp³-hybridized carbons (Fsp3) is 1.00. The molecule has 0 aromatic heterocycles. The first-order valence-electron chi connectivity index (χ1n) is 2.90. The van der Waals surface area contributed by atoms with Crippen molar-refractivity contribution in [3.8, 4) is 0 Å². The molecule has 0 saturated heterocycles. The standard InChI is InChI=1S/C6H13BrO/c1-5(2)3-6(8)4-7/h5-6,8H,3-4H2,1-2H3. The molecule has 8 heavy (non-hydrogen) atoms. The summed E-state index contributed by atoms with van der Waals surface area (Å²) in [6.07, 6.45) is 0.737. The summed E-state index contributed by atoms with van der Waals surface area (Å²) in [5.41, 5.74) is 0. The minimum absolute atomic E-state index is 0.157. The Morgan fingerprint density at radius 3 is 2.12 bits per heavy atom. The minimum Gasteiger partial charge on any atom is -0.392 e. The molecule has 0 aliphatic rings. The molecule has 1 N–H and O–H groups in total. The van der Waals surface area contributed by atoms with Crippen molar-refractivity contribution in [1.82, 2.24) is 0 Å². The fourth-order valence-corrected chi connectivity index (χ4v) is 0.871. The summed E-state index contributed by atoms with van der Waals surface area (Å²) in [5.74, 6) is 0.600. The number of halogens is 1. The number of aliphatic hydroxyl groups is 1. The van der Waals surface area contributed by atoms with Crippen molar-refractivity contribution in [2.45, 2.75) is 26.4 Å². The Kier molecular flexibility index (Phi) is 4.57. The Balaban J connectivity index is 3.10. The molecule has 0 aromatic rings. The molecular weight excluding hydrogens is 168 g/mol. The molecule has 0 aliphatic carbocycles. The van der Waals surface area contributed by atoms with Crippen molar-refractivity contribution in [3.63, 3.8) is 0 Å². The summed E-state index contributed by atoms with van der Waals surface area (Å²) >= 11 is 3.19. The summed E-state index contributed by atoms with van der Waals surface area (Å²) in [7, 11) is 0. The lowest BCUT2D eigenvalue weighted by molar-refractivity contribution is 0.173. The molecule has 1 atom stereocenters. The van der Waals surface area contributed by atoms with Gasteiger partial charge in [0, 0.05) is 5.33 Å². The number of aliphatic hydroxyl groups excluding tert-OH is 1. The van der Waals surface area contributed by atoms with Crippen LogP contribution in [0.4, 0.5) is 0 Å². The van der Waals surface area contributed by atoms with Gasteiger partial charge in [0.05, 0.1) is 6.10 Å². The van der Waals surface area contributed by atoms with Gasteiger partial charge in [0.1, 0.15) is 0 Å². The summed E-state index contributed by atoms with van der Waals surface area (Å²) in [5, 5.41) is 9.68. The van der Waals surface area contributed by atoms with Crippen LogP contribution in [0, 0.1) is 5.92 Å². The second-order valence-electron chi connectivity index (χ2n) is 2.44. The molecule has 0 aromatic carbocycles. The number of hydrogen-bond donors (Lipinski definition) is 1. The van der Waals surface area contributed by atoms with E-state index in [-0.39, 0.29) is 6.10 Å². The second-order valence-corrected chi connectivity index (χ2v) is 3.09. The molecule has 0 spiro atoms. The van der Waals surface area contributed by atoms with E-state index in [1.54, 1.807) is 0 Å². The Morgan fingerprint density at radius 2 is 2.00 bits per heavy atom. The maximum Gasteiger partial charge on any atom is 0.0639 e. The van der Waals surface area contributed by atoms with Gasteiger partial charge in [-0.1, -0.05) is 29.8 Å². The lowest BCUT2D eigenvalue weighted by Gasteiger charge is -2.07.